The number of hydrazine groups is 1. The fourth-order valence-corrected chi connectivity index (χ4v) is 5.56. The summed E-state index contributed by atoms with van der Waals surface area (Å²) in [5, 5.41) is 7.42. The van der Waals surface area contributed by atoms with Gasteiger partial charge in [0.2, 0.25) is 5.88 Å². The molecule has 0 bridgehead atoms. The number of hydrogen-bond donors (Lipinski definition) is 1. The van der Waals surface area contributed by atoms with Crippen molar-refractivity contribution in [2.75, 3.05) is 18.8 Å². The van der Waals surface area contributed by atoms with Gasteiger partial charge in [0.05, 0.1) is 22.0 Å². The van der Waals surface area contributed by atoms with E-state index in [2.05, 4.69) is 10.5 Å². The van der Waals surface area contributed by atoms with Crippen molar-refractivity contribution < 1.29 is 13.9 Å². The topological polar surface area (TPSA) is 59.4 Å². The molecule has 0 unspecified atom stereocenters. The molecule has 1 saturated heterocycles. The summed E-state index contributed by atoms with van der Waals surface area (Å²) >= 11 is 14.3. The standard InChI is InChI=1S/C24H21Cl2FN4O2S/c25-17-5-8-21(20(26)12-17)31-22-16(11-15-3-6-18(27)7-4-15)13-34-14-19(22)23(28-31)33-24(32)29-30-9-1-2-10-30/h3-8,11-12H,1-2,9-10,13-14H2,(H,29,32)/b16-11+. The molecule has 0 radical (unpaired) electrons. The molecule has 176 valence electrons. The Morgan fingerprint density at radius 3 is 2.62 bits per heavy atom. The van der Waals surface area contributed by atoms with E-state index in [0.717, 1.165) is 48.3 Å². The fraction of sp³-hybridized carbons (Fsp3) is 0.250. The quantitative estimate of drug-likeness (QED) is 0.445. The van der Waals surface area contributed by atoms with Crippen LogP contribution in [0.25, 0.3) is 17.3 Å². The van der Waals surface area contributed by atoms with Crippen LogP contribution in [0.15, 0.2) is 42.5 Å². The monoisotopic (exact) mass is 518 g/mol. The van der Waals surface area contributed by atoms with Crippen LogP contribution in [-0.4, -0.2) is 39.7 Å². The highest BCUT2D eigenvalue weighted by atomic mass is 35.5. The maximum Gasteiger partial charge on any atom is 0.428 e. The maximum absolute atomic E-state index is 13.4. The van der Waals surface area contributed by atoms with Crippen LogP contribution in [0.1, 0.15) is 29.7 Å². The number of nitrogens with zero attached hydrogens (tertiary/aromatic N) is 3. The Labute approximate surface area is 210 Å². The van der Waals surface area contributed by atoms with Crippen LogP contribution in [-0.2, 0) is 5.75 Å². The zero-order chi connectivity index (χ0) is 23.7. The Balaban J connectivity index is 1.57. The van der Waals surface area contributed by atoms with Crippen molar-refractivity contribution >= 4 is 52.7 Å². The molecular formula is C24H21Cl2FN4O2S. The van der Waals surface area contributed by atoms with Gasteiger partial charge in [0.1, 0.15) is 5.82 Å². The fourth-order valence-electron chi connectivity index (χ4n) is 4.07. The van der Waals surface area contributed by atoms with Crippen molar-refractivity contribution in [3.05, 3.63) is 75.1 Å². The van der Waals surface area contributed by atoms with Crippen LogP contribution < -0.4 is 10.2 Å². The Hall–Kier alpha value is -2.52. The van der Waals surface area contributed by atoms with Crippen molar-refractivity contribution in [1.82, 2.24) is 20.2 Å². The van der Waals surface area contributed by atoms with Crippen molar-refractivity contribution in [1.29, 1.82) is 0 Å². The van der Waals surface area contributed by atoms with E-state index in [9.17, 15) is 9.18 Å². The first-order valence-electron chi connectivity index (χ1n) is 10.8. The van der Waals surface area contributed by atoms with E-state index in [1.165, 1.54) is 12.1 Å². The molecule has 6 nitrogen and oxygen atoms in total. The number of rotatable bonds is 4. The van der Waals surface area contributed by atoms with Gasteiger partial charge in [-0.2, -0.15) is 11.8 Å². The molecular weight excluding hydrogens is 498 g/mol. The predicted octanol–water partition coefficient (Wildman–Crippen LogP) is 6.20. The molecule has 3 aromatic rings. The third-order valence-electron chi connectivity index (χ3n) is 5.65. The molecule has 10 heteroatoms. The molecule has 2 aromatic carbocycles. The Morgan fingerprint density at radius 1 is 1.12 bits per heavy atom. The van der Waals surface area contributed by atoms with E-state index in [1.54, 1.807) is 46.8 Å². The highest BCUT2D eigenvalue weighted by Crippen LogP contribution is 2.41. The Morgan fingerprint density at radius 2 is 1.88 bits per heavy atom. The van der Waals surface area contributed by atoms with Gasteiger partial charge in [-0.15, -0.1) is 5.10 Å². The Bertz CT molecular complexity index is 1260. The zero-order valence-corrected chi connectivity index (χ0v) is 20.4. The van der Waals surface area contributed by atoms with Gasteiger partial charge in [0.15, 0.2) is 0 Å². The van der Waals surface area contributed by atoms with E-state index >= 15 is 0 Å². The molecule has 34 heavy (non-hydrogen) atoms. The number of hydrogen-bond acceptors (Lipinski definition) is 5. The van der Waals surface area contributed by atoms with Crippen LogP contribution in [0.5, 0.6) is 5.88 Å². The van der Waals surface area contributed by atoms with Crippen LogP contribution in [0.3, 0.4) is 0 Å². The SMILES string of the molecule is O=C(NN1CCCC1)Oc1nn(-c2ccc(Cl)cc2Cl)c2c1CSC/C2=C\c1ccc(F)cc1. The summed E-state index contributed by atoms with van der Waals surface area (Å²) in [6, 6.07) is 11.5. The van der Waals surface area contributed by atoms with E-state index in [1.807, 2.05) is 11.1 Å². The zero-order valence-electron chi connectivity index (χ0n) is 18.1. The lowest BCUT2D eigenvalue weighted by atomic mass is 10.1. The molecule has 0 saturated carbocycles. The largest absolute Gasteiger partial charge is 0.428 e. The minimum absolute atomic E-state index is 0.231. The molecule has 0 aliphatic carbocycles. The molecule has 2 aliphatic rings. The van der Waals surface area contributed by atoms with Gasteiger partial charge in [-0.25, -0.2) is 18.9 Å². The minimum atomic E-state index is -0.573. The minimum Gasteiger partial charge on any atom is -0.388 e. The van der Waals surface area contributed by atoms with Gasteiger partial charge < -0.3 is 4.74 Å². The lowest BCUT2D eigenvalue weighted by Gasteiger charge is -2.19. The summed E-state index contributed by atoms with van der Waals surface area (Å²) in [6.45, 7) is 1.59. The number of amides is 1. The first kappa shape index (κ1) is 23.2. The molecule has 2 aliphatic heterocycles. The van der Waals surface area contributed by atoms with E-state index in [4.69, 9.17) is 27.9 Å². The summed E-state index contributed by atoms with van der Waals surface area (Å²) in [6.07, 6.45) is 3.48. The maximum atomic E-state index is 13.4. The molecule has 3 heterocycles. The van der Waals surface area contributed by atoms with Gasteiger partial charge in [0, 0.05) is 29.6 Å². The number of halogens is 3. The number of ether oxygens (including phenoxy) is 1. The number of fused-ring (bicyclic) bond motifs is 1. The molecule has 1 aromatic heterocycles. The van der Waals surface area contributed by atoms with Crippen molar-refractivity contribution in [3.63, 3.8) is 0 Å². The van der Waals surface area contributed by atoms with E-state index in [0.29, 0.717) is 27.2 Å². The number of aromatic nitrogens is 2. The average Bonchev–Trinajstić information content (AvgIpc) is 3.44. The summed E-state index contributed by atoms with van der Waals surface area (Å²) in [5.41, 5.74) is 6.82. The molecule has 1 amide bonds. The smallest absolute Gasteiger partial charge is 0.388 e. The van der Waals surface area contributed by atoms with Crippen molar-refractivity contribution in [2.24, 2.45) is 0 Å². The normalized spacial score (nSPS) is 17.1. The van der Waals surface area contributed by atoms with Gasteiger partial charge in [-0.3, -0.25) is 5.43 Å². The summed E-state index contributed by atoms with van der Waals surface area (Å²) < 4.78 is 20.8. The van der Waals surface area contributed by atoms with E-state index < -0.39 is 6.09 Å². The Kier molecular flexibility index (Phi) is 6.83. The lowest BCUT2D eigenvalue weighted by Crippen LogP contribution is -2.41. The highest BCUT2D eigenvalue weighted by molar-refractivity contribution is 7.99. The molecule has 0 atom stereocenters. The highest BCUT2D eigenvalue weighted by Gasteiger charge is 2.29. The predicted molar refractivity (Wildman–Crippen MR) is 134 cm³/mol. The molecule has 1 fully saturated rings. The summed E-state index contributed by atoms with van der Waals surface area (Å²) in [7, 11) is 0. The molecule has 5 rings (SSSR count). The van der Waals surface area contributed by atoms with Crippen LogP contribution in [0.4, 0.5) is 9.18 Å². The van der Waals surface area contributed by atoms with Crippen LogP contribution in [0.2, 0.25) is 10.0 Å². The van der Waals surface area contributed by atoms with Crippen molar-refractivity contribution in [3.8, 4) is 11.6 Å². The number of carbonyl (C=O) groups is 1. The summed E-state index contributed by atoms with van der Waals surface area (Å²) in [5.74, 6) is 1.27. The number of carbonyl (C=O) groups excluding carboxylic acids is 1. The van der Waals surface area contributed by atoms with Gasteiger partial charge in [-0.05, 0) is 60.4 Å². The van der Waals surface area contributed by atoms with Gasteiger partial charge >= 0.3 is 6.09 Å². The van der Waals surface area contributed by atoms with Gasteiger partial charge in [0.25, 0.3) is 0 Å². The third-order valence-corrected chi connectivity index (χ3v) is 7.19. The number of nitrogens with one attached hydrogen (secondary N) is 1. The second-order valence-corrected chi connectivity index (χ2v) is 9.88. The van der Waals surface area contributed by atoms with Crippen molar-refractivity contribution in [2.45, 2.75) is 18.6 Å². The second-order valence-electron chi connectivity index (χ2n) is 8.05. The van der Waals surface area contributed by atoms with E-state index in [-0.39, 0.29) is 11.7 Å². The summed E-state index contributed by atoms with van der Waals surface area (Å²) in [4.78, 5) is 12.6. The number of benzene rings is 2. The average molecular weight is 519 g/mol. The lowest BCUT2D eigenvalue weighted by molar-refractivity contribution is 0.157. The first-order chi connectivity index (χ1) is 16.5. The number of thioether (sulfide) groups is 1. The van der Waals surface area contributed by atoms with Crippen LogP contribution in [0, 0.1) is 5.82 Å². The second kappa shape index (κ2) is 10.00. The third kappa shape index (κ3) is 4.95. The van der Waals surface area contributed by atoms with Crippen LogP contribution >= 0.6 is 35.0 Å². The molecule has 0 spiro atoms. The first-order valence-corrected chi connectivity index (χ1v) is 12.7. The molecule has 1 N–H and O–H groups in total. The van der Waals surface area contributed by atoms with Gasteiger partial charge in [-0.1, -0.05) is 35.3 Å².